The number of nitrogens with zero attached hydrogens (tertiary/aromatic N) is 3. The lowest BCUT2D eigenvalue weighted by Crippen LogP contribution is -2.12. The maximum Gasteiger partial charge on any atom is 0.255 e. The third kappa shape index (κ3) is 3.41. The van der Waals surface area contributed by atoms with Crippen molar-refractivity contribution in [3.63, 3.8) is 0 Å². The standard InChI is InChI=1S/C21H17ClN4O/c1-13-8-9-15(11-17(13)22)21(27)23-18-12-20-19(10-14(18)2)24-26(25-20)16-6-4-3-5-7-16/h3-12H,1-2H3,(H,23,27). The summed E-state index contributed by atoms with van der Waals surface area (Å²) in [6, 6.07) is 18.7. The molecule has 4 aromatic rings. The number of amides is 1. The third-order valence-corrected chi connectivity index (χ3v) is 4.80. The van der Waals surface area contributed by atoms with Crippen LogP contribution in [0.25, 0.3) is 16.7 Å². The number of hydrogen-bond acceptors (Lipinski definition) is 3. The van der Waals surface area contributed by atoms with Crippen molar-refractivity contribution in [2.45, 2.75) is 13.8 Å². The Balaban J connectivity index is 1.66. The van der Waals surface area contributed by atoms with Crippen LogP contribution in [0.5, 0.6) is 0 Å². The van der Waals surface area contributed by atoms with Crippen LogP contribution in [-0.4, -0.2) is 20.9 Å². The van der Waals surface area contributed by atoms with Crippen molar-refractivity contribution >= 4 is 34.2 Å². The van der Waals surface area contributed by atoms with Gasteiger partial charge in [-0.05, 0) is 61.4 Å². The average molecular weight is 377 g/mol. The van der Waals surface area contributed by atoms with Gasteiger partial charge in [0.15, 0.2) is 0 Å². The number of hydrogen-bond donors (Lipinski definition) is 1. The van der Waals surface area contributed by atoms with Crippen molar-refractivity contribution in [1.82, 2.24) is 15.0 Å². The molecule has 0 spiro atoms. The first-order valence-corrected chi connectivity index (χ1v) is 8.90. The number of halogens is 1. The van der Waals surface area contributed by atoms with E-state index in [9.17, 15) is 4.79 Å². The highest BCUT2D eigenvalue weighted by molar-refractivity contribution is 6.31. The number of nitrogens with one attached hydrogen (secondary N) is 1. The van der Waals surface area contributed by atoms with E-state index < -0.39 is 0 Å². The minimum absolute atomic E-state index is 0.213. The first-order chi connectivity index (χ1) is 13.0. The molecular formula is C21H17ClN4O. The first kappa shape index (κ1) is 17.2. The summed E-state index contributed by atoms with van der Waals surface area (Å²) in [6.45, 7) is 3.83. The van der Waals surface area contributed by atoms with Gasteiger partial charge in [0.05, 0.1) is 5.69 Å². The number of carbonyl (C=O) groups is 1. The Morgan fingerprint density at radius 2 is 1.63 bits per heavy atom. The molecule has 0 saturated carbocycles. The molecule has 5 nitrogen and oxygen atoms in total. The van der Waals surface area contributed by atoms with E-state index in [1.165, 1.54) is 0 Å². The van der Waals surface area contributed by atoms with Crippen LogP contribution in [0, 0.1) is 13.8 Å². The maximum absolute atomic E-state index is 12.6. The molecule has 0 fully saturated rings. The summed E-state index contributed by atoms with van der Waals surface area (Å²) in [7, 11) is 0. The van der Waals surface area contributed by atoms with Crippen LogP contribution in [-0.2, 0) is 0 Å². The average Bonchev–Trinajstić information content (AvgIpc) is 3.07. The van der Waals surface area contributed by atoms with Gasteiger partial charge >= 0.3 is 0 Å². The Hall–Kier alpha value is -3.18. The maximum atomic E-state index is 12.6. The fourth-order valence-corrected chi connectivity index (χ4v) is 2.99. The SMILES string of the molecule is Cc1ccc(C(=O)Nc2cc3nn(-c4ccccc4)nc3cc2C)cc1Cl. The van der Waals surface area contributed by atoms with Gasteiger partial charge in [-0.15, -0.1) is 10.2 Å². The summed E-state index contributed by atoms with van der Waals surface area (Å²) >= 11 is 6.13. The lowest BCUT2D eigenvalue weighted by Gasteiger charge is -2.09. The van der Waals surface area contributed by atoms with Crippen molar-refractivity contribution in [1.29, 1.82) is 0 Å². The van der Waals surface area contributed by atoms with Gasteiger partial charge in [0.2, 0.25) is 0 Å². The third-order valence-electron chi connectivity index (χ3n) is 4.40. The number of anilines is 1. The Morgan fingerprint density at radius 1 is 0.926 bits per heavy atom. The number of rotatable bonds is 3. The number of aromatic nitrogens is 3. The molecule has 0 aliphatic carbocycles. The van der Waals surface area contributed by atoms with E-state index in [0.717, 1.165) is 22.3 Å². The molecule has 134 valence electrons. The molecule has 4 rings (SSSR count). The molecule has 0 atom stereocenters. The molecule has 0 radical (unpaired) electrons. The first-order valence-electron chi connectivity index (χ1n) is 8.52. The van der Waals surface area contributed by atoms with Crippen LogP contribution in [0.1, 0.15) is 21.5 Å². The fourth-order valence-electron chi connectivity index (χ4n) is 2.81. The highest BCUT2D eigenvalue weighted by Gasteiger charge is 2.12. The van der Waals surface area contributed by atoms with E-state index in [-0.39, 0.29) is 5.91 Å². The normalized spacial score (nSPS) is 10.9. The van der Waals surface area contributed by atoms with Gasteiger partial charge in [0.25, 0.3) is 5.91 Å². The highest BCUT2D eigenvalue weighted by Crippen LogP contribution is 2.23. The second-order valence-corrected chi connectivity index (χ2v) is 6.81. The van der Waals surface area contributed by atoms with Crippen molar-refractivity contribution in [3.05, 3.63) is 82.4 Å². The van der Waals surface area contributed by atoms with Crippen molar-refractivity contribution in [2.75, 3.05) is 5.32 Å². The zero-order chi connectivity index (χ0) is 19.0. The molecule has 27 heavy (non-hydrogen) atoms. The Kier molecular flexibility index (Phi) is 4.38. The quantitative estimate of drug-likeness (QED) is 0.550. The van der Waals surface area contributed by atoms with Crippen LogP contribution >= 0.6 is 11.6 Å². The Labute approximate surface area is 161 Å². The van der Waals surface area contributed by atoms with Crippen LogP contribution in [0.15, 0.2) is 60.7 Å². The van der Waals surface area contributed by atoms with Gasteiger partial charge in [0.1, 0.15) is 11.0 Å². The zero-order valence-corrected chi connectivity index (χ0v) is 15.7. The highest BCUT2D eigenvalue weighted by atomic mass is 35.5. The van der Waals surface area contributed by atoms with E-state index in [0.29, 0.717) is 21.8 Å². The smallest absolute Gasteiger partial charge is 0.255 e. The van der Waals surface area contributed by atoms with Crippen molar-refractivity contribution < 1.29 is 4.79 Å². The molecule has 0 unspecified atom stereocenters. The van der Waals surface area contributed by atoms with Gasteiger partial charge in [-0.25, -0.2) is 0 Å². The number of benzene rings is 3. The number of carbonyl (C=O) groups excluding carboxylic acids is 1. The number of aryl methyl sites for hydroxylation is 2. The van der Waals surface area contributed by atoms with Gasteiger partial charge < -0.3 is 5.32 Å². The molecule has 0 aliphatic heterocycles. The Bertz CT molecular complexity index is 1150. The fraction of sp³-hybridized carbons (Fsp3) is 0.0952. The Morgan fingerprint density at radius 3 is 2.33 bits per heavy atom. The second kappa shape index (κ2) is 6.85. The van der Waals surface area contributed by atoms with E-state index in [1.54, 1.807) is 16.9 Å². The molecule has 0 saturated heterocycles. The monoisotopic (exact) mass is 376 g/mol. The van der Waals surface area contributed by atoms with Gasteiger partial charge in [-0.3, -0.25) is 4.79 Å². The summed E-state index contributed by atoms with van der Waals surface area (Å²) in [5.41, 5.74) is 5.42. The van der Waals surface area contributed by atoms with E-state index >= 15 is 0 Å². The van der Waals surface area contributed by atoms with E-state index in [1.807, 2.05) is 62.4 Å². The largest absolute Gasteiger partial charge is 0.322 e. The van der Waals surface area contributed by atoms with Crippen LogP contribution in [0.3, 0.4) is 0 Å². The molecule has 1 aromatic heterocycles. The van der Waals surface area contributed by atoms with Gasteiger partial charge in [-0.1, -0.05) is 35.9 Å². The van der Waals surface area contributed by atoms with Crippen LogP contribution < -0.4 is 5.32 Å². The van der Waals surface area contributed by atoms with Crippen molar-refractivity contribution in [3.8, 4) is 5.69 Å². The van der Waals surface area contributed by atoms with Gasteiger partial charge in [-0.2, -0.15) is 4.80 Å². The second-order valence-electron chi connectivity index (χ2n) is 6.40. The lowest BCUT2D eigenvalue weighted by atomic mass is 10.1. The van der Waals surface area contributed by atoms with Gasteiger partial charge in [0, 0.05) is 16.3 Å². The molecule has 3 aromatic carbocycles. The van der Waals surface area contributed by atoms with Crippen molar-refractivity contribution in [2.24, 2.45) is 0 Å². The lowest BCUT2D eigenvalue weighted by molar-refractivity contribution is 0.102. The topological polar surface area (TPSA) is 59.8 Å². The summed E-state index contributed by atoms with van der Waals surface area (Å²) in [6.07, 6.45) is 0. The molecule has 1 heterocycles. The number of para-hydroxylation sites is 1. The molecule has 6 heteroatoms. The molecule has 1 N–H and O–H groups in total. The summed E-state index contributed by atoms with van der Waals surface area (Å²) in [5.74, 6) is -0.213. The molecule has 0 aliphatic rings. The summed E-state index contributed by atoms with van der Waals surface area (Å²) in [4.78, 5) is 14.2. The van der Waals surface area contributed by atoms with Crippen LogP contribution in [0.2, 0.25) is 5.02 Å². The molecule has 1 amide bonds. The van der Waals surface area contributed by atoms with E-state index in [2.05, 4.69) is 15.5 Å². The summed E-state index contributed by atoms with van der Waals surface area (Å²) in [5, 5.41) is 12.6. The molecular weight excluding hydrogens is 360 g/mol. The minimum Gasteiger partial charge on any atom is -0.322 e. The van der Waals surface area contributed by atoms with E-state index in [4.69, 9.17) is 11.6 Å². The predicted octanol–water partition coefficient (Wildman–Crippen LogP) is 4.94. The summed E-state index contributed by atoms with van der Waals surface area (Å²) < 4.78 is 0. The predicted molar refractivity (Wildman–Crippen MR) is 108 cm³/mol. The molecule has 0 bridgehead atoms. The van der Waals surface area contributed by atoms with Crippen LogP contribution in [0.4, 0.5) is 5.69 Å². The minimum atomic E-state index is -0.213. The number of fused-ring (bicyclic) bond motifs is 1. The zero-order valence-electron chi connectivity index (χ0n) is 14.9.